The summed E-state index contributed by atoms with van der Waals surface area (Å²) in [5, 5.41) is 11.0. The van der Waals surface area contributed by atoms with E-state index in [0.717, 1.165) is 64.5 Å². The first-order chi connectivity index (χ1) is 11.2. The maximum atomic E-state index is 10.7. The van der Waals surface area contributed by atoms with Gasteiger partial charge in [-0.15, -0.1) is 11.6 Å². The summed E-state index contributed by atoms with van der Waals surface area (Å²) in [6.45, 7) is 4.50. The van der Waals surface area contributed by atoms with Gasteiger partial charge in [0.15, 0.2) is 0 Å². The Morgan fingerprint density at radius 2 is 1.48 bits per heavy atom. The molecule has 1 unspecified atom stereocenters. The van der Waals surface area contributed by atoms with Crippen LogP contribution in [0, 0.1) is 11.8 Å². The molecule has 0 spiro atoms. The summed E-state index contributed by atoms with van der Waals surface area (Å²) in [4.78, 5) is 2.52. The van der Waals surface area contributed by atoms with Crippen LogP contribution in [0.25, 0.3) is 0 Å². The molecule has 0 radical (unpaired) electrons. The predicted octanol–water partition coefficient (Wildman–Crippen LogP) is 3.82. The number of aliphatic hydroxyl groups excluding tert-OH is 1. The minimum absolute atomic E-state index is 0.107. The van der Waals surface area contributed by atoms with Gasteiger partial charge in [0, 0.05) is 11.9 Å². The van der Waals surface area contributed by atoms with E-state index >= 15 is 0 Å². The van der Waals surface area contributed by atoms with Crippen molar-refractivity contribution in [1.82, 2.24) is 4.90 Å². The lowest BCUT2D eigenvalue weighted by Crippen LogP contribution is -2.36. The third kappa shape index (κ3) is 5.32. The first-order valence-electron chi connectivity index (χ1n) is 9.88. The highest BCUT2D eigenvalue weighted by molar-refractivity contribution is 6.20. The molecule has 1 N–H and O–H groups in total. The average molecular weight is 344 g/mol. The number of hydrogen-bond donors (Lipinski definition) is 1. The number of likely N-dealkylation sites (tertiary alicyclic amines) is 1. The molecule has 1 saturated heterocycles. The molecule has 0 bridgehead atoms. The van der Waals surface area contributed by atoms with Gasteiger partial charge in [-0.3, -0.25) is 0 Å². The van der Waals surface area contributed by atoms with Crippen LogP contribution < -0.4 is 0 Å². The van der Waals surface area contributed by atoms with E-state index in [4.69, 9.17) is 16.3 Å². The molecule has 2 aliphatic carbocycles. The lowest BCUT2D eigenvalue weighted by molar-refractivity contribution is -0.0287. The zero-order valence-electron chi connectivity index (χ0n) is 14.5. The molecular formula is C19H34ClNO2. The van der Waals surface area contributed by atoms with E-state index < -0.39 is 0 Å². The lowest BCUT2D eigenvalue weighted by atomic mass is 9.75. The highest BCUT2D eigenvalue weighted by atomic mass is 35.5. The maximum Gasteiger partial charge on any atom is 0.0597 e. The molecule has 134 valence electrons. The molecule has 3 fully saturated rings. The summed E-state index contributed by atoms with van der Waals surface area (Å²) < 4.78 is 6.09. The summed E-state index contributed by atoms with van der Waals surface area (Å²) in [6, 6.07) is 0. The SMILES string of the molecule is OC(C1CCC(Cl)CC1)C1CCC(OCCN2CCCC2)CC1. The molecule has 1 aliphatic heterocycles. The maximum absolute atomic E-state index is 10.7. The number of aliphatic hydroxyl groups is 1. The summed E-state index contributed by atoms with van der Waals surface area (Å²) in [5.41, 5.74) is 0. The zero-order chi connectivity index (χ0) is 16.1. The summed E-state index contributed by atoms with van der Waals surface area (Å²) in [5.74, 6) is 0.980. The molecule has 0 aromatic heterocycles. The highest BCUT2D eigenvalue weighted by Gasteiger charge is 2.33. The molecule has 0 amide bonds. The van der Waals surface area contributed by atoms with Crippen molar-refractivity contribution in [3.8, 4) is 0 Å². The van der Waals surface area contributed by atoms with E-state index in [-0.39, 0.29) is 6.10 Å². The van der Waals surface area contributed by atoms with Crippen molar-refractivity contribution in [1.29, 1.82) is 0 Å². The van der Waals surface area contributed by atoms with Crippen molar-refractivity contribution in [3.05, 3.63) is 0 Å². The van der Waals surface area contributed by atoms with Crippen LogP contribution in [0.5, 0.6) is 0 Å². The highest BCUT2D eigenvalue weighted by Crippen LogP contribution is 2.37. The van der Waals surface area contributed by atoms with Crippen molar-refractivity contribution < 1.29 is 9.84 Å². The van der Waals surface area contributed by atoms with Gasteiger partial charge in [0.05, 0.1) is 18.8 Å². The first kappa shape index (κ1) is 18.0. The van der Waals surface area contributed by atoms with Gasteiger partial charge in [0.1, 0.15) is 0 Å². The van der Waals surface area contributed by atoms with Crippen LogP contribution in [0.15, 0.2) is 0 Å². The van der Waals surface area contributed by atoms with Gasteiger partial charge in [-0.1, -0.05) is 0 Å². The normalized spacial score (nSPS) is 37.8. The Morgan fingerprint density at radius 1 is 0.913 bits per heavy atom. The topological polar surface area (TPSA) is 32.7 Å². The summed E-state index contributed by atoms with van der Waals surface area (Å²) >= 11 is 6.19. The molecule has 3 nitrogen and oxygen atoms in total. The van der Waals surface area contributed by atoms with E-state index in [2.05, 4.69) is 4.90 Å². The van der Waals surface area contributed by atoms with E-state index in [9.17, 15) is 5.11 Å². The van der Waals surface area contributed by atoms with Gasteiger partial charge in [0.25, 0.3) is 0 Å². The van der Waals surface area contributed by atoms with Crippen LogP contribution in [0.1, 0.15) is 64.2 Å². The molecule has 0 aromatic rings. The van der Waals surface area contributed by atoms with Gasteiger partial charge in [-0.05, 0) is 89.1 Å². The second-order valence-corrected chi connectivity index (χ2v) is 8.58. The Kier molecular flexibility index (Phi) is 7.06. The monoisotopic (exact) mass is 343 g/mol. The number of nitrogens with zero attached hydrogens (tertiary/aromatic N) is 1. The number of hydrogen-bond acceptors (Lipinski definition) is 3. The molecule has 2 saturated carbocycles. The minimum atomic E-state index is -0.107. The Hall–Kier alpha value is 0.170. The zero-order valence-corrected chi connectivity index (χ0v) is 15.2. The van der Waals surface area contributed by atoms with E-state index in [1.165, 1.54) is 25.9 Å². The quantitative estimate of drug-likeness (QED) is 0.744. The van der Waals surface area contributed by atoms with Crippen molar-refractivity contribution in [2.24, 2.45) is 11.8 Å². The molecule has 23 heavy (non-hydrogen) atoms. The second-order valence-electron chi connectivity index (χ2n) is 7.96. The molecule has 1 atom stereocenters. The summed E-state index contributed by atoms with van der Waals surface area (Å²) in [6.07, 6.45) is 12.0. The van der Waals surface area contributed by atoms with Crippen LogP contribution >= 0.6 is 11.6 Å². The average Bonchev–Trinajstić information content (AvgIpc) is 3.09. The Bertz CT molecular complexity index is 332. The van der Waals surface area contributed by atoms with Crippen LogP contribution in [0.4, 0.5) is 0 Å². The van der Waals surface area contributed by atoms with E-state index in [0.29, 0.717) is 23.3 Å². The molecular weight excluding hydrogens is 310 g/mol. The van der Waals surface area contributed by atoms with Gasteiger partial charge in [-0.25, -0.2) is 0 Å². The predicted molar refractivity (Wildman–Crippen MR) is 95.0 cm³/mol. The lowest BCUT2D eigenvalue weighted by Gasteiger charge is -2.37. The van der Waals surface area contributed by atoms with E-state index in [1.807, 2.05) is 0 Å². The largest absolute Gasteiger partial charge is 0.393 e. The molecule has 1 heterocycles. The summed E-state index contributed by atoms with van der Waals surface area (Å²) in [7, 11) is 0. The van der Waals surface area contributed by atoms with Crippen LogP contribution in [0.3, 0.4) is 0 Å². The number of ether oxygens (including phenoxy) is 1. The Balaban J connectivity index is 1.31. The van der Waals surface area contributed by atoms with Crippen LogP contribution in [-0.4, -0.2) is 53.8 Å². The van der Waals surface area contributed by atoms with Crippen molar-refractivity contribution in [3.63, 3.8) is 0 Å². The fraction of sp³-hybridized carbons (Fsp3) is 1.00. The van der Waals surface area contributed by atoms with Gasteiger partial charge >= 0.3 is 0 Å². The van der Waals surface area contributed by atoms with Crippen molar-refractivity contribution in [2.45, 2.75) is 81.8 Å². The van der Waals surface area contributed by atoms with Gasteiger partial charge < -0.3 is 14.7 Å². The van der Waals surface area contributed by atoms with Crippen molar-refractivity contribution >= 4 is 11.6 Å². The number of rotatable bonds is 6. The standard InChI is InChI=1S/C19H34ClNO2/c20-17-7-3-15(4-8-17)19(22)16-5-9-18(10-6-16)23-14-13-21-11-1-2-12-21/h15-19,22H,1-14H2. The molecule has 4 heteroatoms. The molecule has 3 aliphatic rings. The third-order valence-corrected chi connectivity index (χ3v) is 6.78. The first-order valence-corrected chi connectivity index (χ1v) is 10.3. The van der Waals surface area contributed by atoms with Crippen LogP contribution in [0.2, 0.25) is 0 Å². The number of halogens is 1. The third-order valence-electron chi connectivity index (χ3n) is 6.35. The molecule has 0 aromatic carbocycles. The van der Waals surface area contributed by atoms with Gasteiger partial charge in [-0.2, -0.15) is 0 Å². The van der Waals surface area contributed by atoms with E-state index in [1.54, 1.807) is 0 Å². The van der Waals surface area contributed by atoms with Crippen molar-refractivity contribution in [2.75, 3.05) is 26.2 Å². The fourth-order valence-corrected chi connectivity index (χ4v) is 5.01. The Morgan fingerprint density at radius 3 is 2.09 bits per heavy atom. The molecule has 3 rings (SSSR count). The fourth-order valence-electron chi connectivity index (χ4n) is 4.76. The van der Waals surface area contributed by atoms with Gasteiger partial charge in [0.2, 0.25) is 0 Å². The minimum Gasteiger partial charge on any atom is -0.393 e. The Labute approximate surface area is 146 Å². The second kappa shape index (κ2) is 9.03. The smallest absolute Gasteiger partial charge is 0.0597 e. The number of alkyl halides is 1. The van der Waals surface area contributed by atoms with Crippen LogP contribution in [-0.2, 0) is 4.74 Å².